The van der Waals surface area contributed by atoms with E-state index >= 15 is 0 Å². The molecular weight excluding hydrogens is 238 g/mol. The zero-order valence-electron chi connectivity index (χ0n) is 11.0. The van der Waals surface area contributed by atoms with Gasteiger partial charge in [0.1, 0.15) is 5.52 Å². The van der Waals surface area contributed by atoms with Crippen LogP contribution in [0.15, 0.2) is 22.6 Å². The first-order chi connectivity index (χ1) is 9.29. The van der Waals surface area contributed by atoms with E-state index < -0.39 is 0 Å². The van der Waals surface area contributed by atoms with E-state index in [0.717, 1.165) is 54.9 Å². The van der Waals surface area contributed by atoms with Crippen molar-refractivity contribution in [3.63, 3.8) is 0 Å². The number of fused-ring (bicyclic) bond motifs is 1. The first-order valence-corrected chi connectivity index (χ1v) is 7.01. The molecule has 1 aliphatic carbocycles. The zero-order valence-corrected chi connectivity index (χ0v) is 11.0. The smallest absolute Gasteiger partial charge is 0.298 e. The first kappa shape index (κ1) is 11.3. The third-order valence-corrected chi connectivity index (χ3v) is 4.09. The Bertz CT molecular complexity index is 594. The second kappa shape index (κ2) is 4.23. The molecule has 0 spiro atoms. The number of benzene rings is 1. The molecule has 2 heterocycles. The third kappa shape index (κ3) is 2.10. The fraction of sp³-hybridized carbons (Fsp3) is 0.467. The van der Waals surface area contributed by atoms with Crippen LogP contribution in [0.25, 0.3) is 11.1 Å². The maximum absolute atomic E-state index is 5.84. The van der Waals surface area contributed by atoms with E-state index in [2.05, 4.69) is 21.7 Å². The molecule has 1 saturated carbocycles. The molecule has 2 aromatic rings. The summed E-state index contributed by atoms with van der Waals surface area (Å²) in [5.74, 6) is 0. The zero-order chi connectivity index (χ0) is 12.8. The average molecular weight is 256 g/mol. The predicted octanol–water partition coefficient (Wildman–Crippen LogP) is 2.29. The number of hydrogen-bond donors (Lipinski definition) is 0. The Hall–Kier alpha value is -1.55. The van der Waals surface area contributed by atoms with Crippen molar-refractivity contribution >= 4 is 17.1 Å². The van der Waals surface area contributed by atoms with Gasteiger partial charge in [0, 0.05) is 32.2 Å². The lowest BCUT2D eigenvalue weighted by Crippen LogP contribution is -2.47. The van der Waals surface area contributed by atoms with E-state index in [1.807, 2.05) is 18.2 Å². The number of oxazole rings is 1. The van der Waals surface area contributed by atoms with E-state index in [9.17, 15) is 0 Å². The van der Waals surface area contributed by atoms with Gasteiger partial charge in [0.2, 0.25) is 0 Å². The minimum atomic E-state index is 0.760. The summed E-state index contributed by atoms with van der Waals surface area (Å²) in [5.41, 5.74) is 2.74. The largest absolute Gasteiger partial charge is 0.423 e. The van der Waals surface area contributed by atoms with Gasteiger partial charge in [-0.15, -0.1) is 0 Å². The molecule has 4 rings (SSSR count). The van der Waals surface area contributed by atoms with Crippen LogP contribution in [0.2, 0.25) is 0 Å². The van der Waals surface area contributed by atoms with Crippen LogP contribution >= 0.6 is 0 Å². The minimum Gasteiger partial charge on any atom is -0.423 e. The van der Waals surface area contributed by atoms with Gasteiger partial charge >= 0.3 is 0 Å². The van der Waals surface area contributed by atoms with Crippen LogP contribution in [-0.2, 0) is 0 Å². The Morgan fingerprint density at radius 3 is 2.68 bits per heavy atom. The van der Waals surface area contributed by atoms with Gasteiger partial charge in [-0.2, -0.15) is 4.98 Å². The van der Waals surface area contributed by atoms with E-state index in [4.69, 9.17) is 4.42 Å². The Morgan fingerprint density at radius 1 is 1.16 bits per heavy atom. The fourth-order valence-electron chi connectivity index (χ4n) is 2.81. The van der Waals surface area contributed by atoms with E-state index in [1.54, 1.807) is 0 Å². The van der Waals surface area contributed by atoms with Crippen molar-refractivity contribution in [2.45, 2.75) is 18.9 Å². The molecule has 0 amide bonds. The molecule has 4 nitrogen and oxygen atoms in total. The van der Waals surface area contributed by atoms with E-state index in [0.29, 0.717) is 0 Å². The molecule has 4 heteroatoms. The Morgan fingerprint density at radius 2 is 1.95 bits per heavy atom. The fourth-order valence-corrected chi connectivity index (χ4v) is 2.81. The lowest BCUT2D eigenvalue weighted by atomic mass is 10.2. The van der Waals surface area contributed by atoms with Gasteiger partial charge in [-0.05, 0) is 37.5 Å². The van der Waals surface area contributed by atoms with Crippen molar-refractivity contribution in [3.05, 3.63) is 30.7 Å². The molecule has 1 aromatic heterocycles. The normalized spacial score (nSPS) is 21.2. The van der Waals surface area contributed by atoms with Gasteiger partial charge in [0.15, 0.2) is 5.58 Å². The van der Waals surface area contributed by atoms with Crippen LogP contribution < -0.4 is 4.90 Å². The summed E-state index contributed by atoms with van der Waals surface area (Å²) in [7, 11) is 0. The van der Waals surface area contributed by atoms with Gasteiger partial charge in [-0.3, -0.25) is 4.90 Å². The molecule has 2 aliphatic rings. The van der Waals surface area contributed by atoms with Crippen molar-refractivity contribution in [1.82, 2.24) is 9.88 Å². The third-order valence-electron chi connectivity index (χ3n) is 4.09. The summed E-state index contributed by atoms with van der Waals surface area (Å²) in [4.78, 5) is 9.43. The molecule has 99 valence electrons. The van der Waals surface area contributed by atoms with Gasteiger partial charge in [0.25, 0.3) is 6.01 Å². The molecule has 1 radical (unpaired) electrons. The maximum atomic E-state index is 5.84. The van der Waals surface area contributed by atoms with Gasteiger partial charge in [-0.1, -0.05) is 6.07 Å². The Balaban J connectivity index is 1.54. The first-order valence-electron chi connectivity index (χ1n) is 7.01. The van der Waals surface area contributed by atoms with Crippen LogP contribution in [0, 0.1) is 6.92 Å². The molecule has 0 atom stereocenters. The monoisotopic (exact) mass is 256 g/mol. The number of hydrogen-bond acceptors (Lipinski definition) is 4. The highest BCUT2D eigenvalue weighted by Gasteiger charge is 2.32. The molecular formula is C15H18N3O. The van der Waals surface area contributed by atoms with E-state index in [-0.39, 0.29) is 0 Å². The van der Waals surface area contributed by atoms with Crippen molar-refractivity contribution < 1.29 is 4.42 Å². The SMILES string of the molecule is [CH2]c1ccc2oc(N3CCN(C4CC4)CC3)nc2c1. The second-order valence-electron chi connectivity index (χ2n) is 5.55. The Labute approximate surface area is 113 Å². The average Bonchev–Trinajstić information content (AvgIpc) is 3.19. The summed E-state index contributed by atoms with van der Waals surface area (Å²) in [5, 5.41) is 0. The molecule has 1 aromatic carbocycles. The van der Waals surface area contributed by atoms with Gasteiger partial charge in [-0.25, -0.2) is 0 Å². The van der Waals surface area contributed by atoms with Gasteiger partial charge < -0.3 is 9.32 Å². The highest BCUT2D eigenvalue weighted by Crippen LogP contribution is 2.29. The lowest BCUT2D eigenvalue weighted by Gasteiger charge is -2.33. The lowest BCUT2D eigenvalue weighted by molar-refractivity contribution is 0.244. The van der Waals surface area contributed by atoms with Gasteiger partial charge in [0.05, 0.1) is 0 Å². The number of rotatable bonds is 2. The molecule has 1 saturated heterocycles. The van der Waals surface area contributed by atoms with Crippen LogP contribution in [0.1, 0.15) is 18.4 Å². The topological polar surface area (TPSA) is 32.5 Å². The van der Waals surface area contributed by atoms with Crippen LogP contribution in [-0.4, -0.2) is 42.1 Å². The highest BCUT2D eigenvalue weighted by atomic mass is 16.4. The molecule has 0 unspecified atom stereocenters. The quantitative estimate of drug-likeness (QED) is 0.825. The summed E-state index contributed by atoms with van der Waals surface area (Å²) in [6, 6.07) is 7.51. The number of nitrogens with zero attached hydrogens (tertiary/aromatic N) is 3. The van der Waals surface area contributed by atoms with Crippen molar-refractivity contribution in [2.24, 2.45) is 0 Å². The molecule has 1 aliphatic heterocycles. The second-order valence-corrected chi connectivity index (χ2v) is 5.55. The number of aromatic nitrogens is 1. The molecule has 2 fully saturated rings. The molecule has 19 heavy (non-hydrogen) atoms. The van der Waals surface area contributed by atoms with E-state index in [1.165, 1.54) is 12.8 Å². The minimum absolute atomic E-state index is 0.760. The number of piperazine rings is 1. The Kier molecular flexibility index (Phi) is 2.52. The summed E-state index contributed by atoms with van der Waals surface area (Å²) < 4.78 is 5.84. The maximum Gasteiger partial charge on any atom is 0.298 e. The van der Waals surface area contributed by atoms with Crippen LogP contribution in [0.5, 0.6) is 0 Å². The summed E-state index contributed by atoms with van der Waals surface area (Å²) in [6.07, 6.45) is 2.77. The highest BCUT2D eigenvalue weighted by molar-refractivity contribution is 5.75. The van der Waals surface area contributed by atoms with Crippen molar-refractivity contribution in [1.29, 1.82) is 0 Å². The summed E-state index contributed by atoms with van der Waals surface area (Å²) >= 11 is 0. The van der Waals surface area contributed by atoms with Crippen molar-refractivity contribution in [2.75, 3.05) is 31.1 Å². The van der Waals surface area contributed by atoms with Crippen LogP contribution in [0.4, 0.5) is 6.01 Å². The number of anilines is 1. The standard InChI is InChI=1S/C15H18N3O/c1-11-2-5-14-13(10-11)16-15(19-14)18-8-6-17(7-9-18)12-3-4-12/h2,5,10,12H,1,3-4,6-9H2. The molecule has 0 N–H and O–H groups in total. The van der Waals surface area contributed by atoms with Crippen molar-refractivity contribution in [3.8, 4) is 0 Å². The van der Waals surface area contributed by atoms with Crippen LogP contribution in [0.3, 0.4) is 0 Å². The molecule has 0 bridgehead atoms. The predicted molar refractivity (Wildman–Crippen MR) is 75.3 cm³/mol. The summed E-state index contributed by atoms with van der Waals surface area (Å²) in [6.45, 7) is 8.21.